The molecule has 2 saturated carbocycles. The van der Waals surface area contributed by atoms with Crippen molar-refractivity contribution >= 4 is 37.7 Å². The molecule has 0 aliphatic heterocycles. The Balaban J connectivity index is 0.000000157. The summed E-state index contributed by atoms with van der Waals surface area (Å²) in [5, 5.41) is 0.965. The van der Waals surface area contributed by atoms with E-state index in [4.69, 9.17) is 16.4 Å². The first-order valence-electron chi connectivity index (χ1n) is 12.9. The zero-order valence-electron chi connectivity index (χ0n) is 21.6. The first-order chi connectivity index (χ1) is 19.3. The Bertz CT molecular complexity index is 1910. The number of methoxy groups -OCH3 is 1. The summed E-state index contributed by atoms with van der Waals surface area (Å²) in [7, 11) is 1.42. The number of nitrogens with two attached hydrogens (primary N) is 2. The number of fused-ring (bicyclic) bond motifs is 2. The Hall–Kier alpha value is -4.25. The van der Waals surface area contributed by atoms with Gasteiger partial charge in [-0.15, -0.1) is 0 Å². The van der Waals surface area contributed by atoms with Crippen molar-refractivity contribution in [1.82, 2.24) is 19.3 Å². The van der Waals surface area contributed by atoms with Crippen LogP contribution in [0.5, 0.6) is 5.75 Å². The largest absolute Gasteiger partial charge is 0.493 e. The van der Waals surface area contributed by atoms with Gasteiger partial charge in [0.15, 0.2) is 11.6 Å². The molecule has 11 heteroatoms. The van der Waals surface area contributed by atoms with E-state index in [0.717, 1.165) is 34.8 Å². The smallest absolute Gasteiger partial charge is 0.279 e. The van der Waals surface area contributed by atoms with E-state index >= 15 is 0 Å². The molecule has 7 rings (SSSR count). The van der Waals surface area contributed by atoms with E-state index in [1.165, 1.54) is 17.9 Å². The zero-order valence-corrected chi connectivity index (χ0v) is 23.2. The molecule has 0 spiro atoms. The number of benzene rings is 3. The van der Waals surface area contributed by atoms with Crippen LogP contribution >= 0.6 is 15.9 Å². The minimum absolute atomic E-state index is 0.146. The molecule has 0 unspecified atom stereocenters. The molecule has 2 aliphatic carbocycles. The number of aromatic nitrogens is 4. The van der Waals surface area contributed by atoms with Crippen LogP contribution < -0.4 is 27.5 Å². The fourth-order valence-electron chi connectivity index (χ4n) is 4.79. The molecule has 5 aromatic rings. The number of rotatable bonds is 4. The van der Waals surface area contributed by atoms with E-state index in [-0.39, 0.29) is 22.8 Å². The Kier molecular flexibility index (Phi) is 6.53. The van der Waals surface area contributed by atoms with Gasteiger partial charge < -0.3 is 16.4 Å². The lowest BCUT2D eigenvalue weighted by Gasteiger charge is -2.11. The SMILES string of the molecule is COc1c(F)cccc1-c1ccc2nc(C3CC3)n(N)c(=O)c2c1.Nn1c(C2CC2)nc2c(Br)cccc2c1=O. The third kappa shape index (κ3) is 4.60. The number of hydrogen-bond donors (Lipinski definition) is 2. The molecule has 0 amide bonds. The molecule has 2 fully saturated rings. The van der Waals surface area contributed by atoms with Crippen LogP contribution in [0.1, 0.15) is 49.2 Å². The lowest BCUT2D eigenvalue weighted by molar-refractivity contribution is 0.388. The predicted molar refractivity (Wildman–Crippen MR) is 156 cm³/mol. The average molecular weight is 605 g/mol. The molecule has 9 nitrogen and oxygen atoms in total. The Labute approximate surface area is 236 Å². The fourth-order valence-corrected chi connectivity index (χ4v) is 5.24. The van der Waals surface area contributed by atoms with Gasteiger partial charge >= 0.3 is 0 Å². The number of halogens is 2. The number of nitrogen functional groups attached to an aromatic ring is 2. The summed E-state index contributed by atoms with van der Waals surface area (Å²) >= 11 is 3.41. The molecule has 0 bridgehead atoms. The topological polar surface area (TPSA) is 131 Å². The molecule has 2 heterocycles. The van der Waals surface area contributed by atoms with Crippen LogP contribution in [0.3, 0.4) is 0 Å². The van der Waals surface area contributed by atoms with E-state index in [1.807, 2.05) is 18.2 Å². The van der Waals surface area contributed by atoms with E-state index in [9.17, 15) is 14.0 Å². The second-order valence-corrected chi connectivity index (χ2v) is 10.9. The van der Waals surface area contributed by atoms with Crippen molar-refractivity contribution in [2.45, 2.75) is 37.5 Å². The summed E-state index contributed by atoms with van der Waals surface area (Å²) in [6.45, 7) is 0. The van der Waals surface area contributed by atoms with Crippen molar-refractivity contribution in [1.29, 1.82) is 0 Å². The maximum atomic E-state index is 13.9. The van der Waals surface area contributed by atoms with Crippen LogP contribution in [0.15, 0.2) is 68.7 Å². The summed E-state index contributed by atoms with van der Waals surface area (Å²) in [5.74, 6) is 13.3. The Morgan fingerprint density at radius 2 is 1.50 bits per heavy atom. The molecule has 2 aliphatic rings. The highest BCUT2D eigenvalue weighted by molar-refractivity contribution is 9.10. The van der Waals surface area contributed by atoms with E-state index < -0.39 is 5.82 Å². The van der Waals surface area contributed by atoms with Crippen molar-refractivity contribution < 1.29 is 9.13 Å². The lowest BCUT2D eigenvalue weighted by Crippen LogP contribution is -2.31. The fraction of sp³-hybridized carbons (Fsp3) is 0.241. The normalized spacial score (nSPS) is 14.7. The van der Waals surface area contributed by atoms with E-state index in [0.29, 0.717) is 50.5 Å². The van der Waals surface area contributed by atoms with Crippen LogP contribution in [0.25, 0.3) is 32.9 Å². The van der Waals surface area contributed by atoms with Crippen LogP contribution in [0.2, 0.25) is 0 Å². The van der Waals surface area contributed by atoms with Gasteiger partial charge in [-0.05, 0) is 77.5 Å². The summed E-state index contributed by atoms with van der Waals surface area (Å²) in [4.78, 5) is 33.6. The van der Waals surface area contributed by atoms with Gasteiger partial charge in [0, 0.05) is 21.9 Å². The Morgan fingerprint density at radius 3 is 2.15 bits per heavy atom. The molecular weight excluding hydrogens is 579 g/mol. The van der Waals surface area contributed by atoms with Crippen LogP contribution in [-0.2, 0) is 0 Å². The maximum Gasteiger partial charge on any atom is 0.279 e. The second-order valence-electron chi connectivity index (χ2n) is 10.0. The van der Waals surface area contributed by atoms with Crippen molar-refractivity contribution in [2.24, 2.45) is 0 Å². The van der Waals surface area contributed by atoms with Gasteiger partial charge in [0.05, 0.1) is 28.9 Å². The Morgan fingerprint density at radius 1 is 0.875 bits per heavy atom. The lowest BCUT2D eigenvalue weighted by atomic mass is 10.0. The van der Waals surface area contributed by atoms with E-state index in [2.05, 4.69) is 25.9 Å². The number of hydrogen-bond acceptors (Lipinski definition) is 7. The molecule has 0 radical (unpaired) electrons. The minimum atomic E-state index is -0.450. The standard InChI is InChI=1S/C18H16FN3O2.C11H10BrN3O/c1-24-16-12(3-2-4-14(16)19)11-7-8-15-13(9-11)18(23)22(20)17(21-15)10-5-6-10;12-8-3-1-2-7-9(8)14-10(6-4-5-6)15(13)11(7)16/h2-4,7-10H,5-6,20H2,1H3;1-3,6H,4-5,13H2. The molecule has 0 atom stereocenters. The second kappa shape index (κ2) is 10.1. The molecule has 204 valence electrons. The monoisotopic (exact) mass is 604 g/mol. The van der Waals surface area contributed by atoms with Crippen molar-refractivity contribution in [3.05, 3.63) is 97.2 Å². The number of ether oxygens (including phenoxy) is 1. The van der Waals surface area contributed by atoms with Crippen LogP contribution in [0, 0.1) is 5.82 Å². The highest BCUT2D eigenvalue weighted by Crippen LogP contribution is 2.39. The van der Waals surface area contributed by atoms with Gasteiger partial charge in [0.25, 0.3) is 11.1 Å². The van der Waals surface area contributed by atoms with Gasteiger partial charge in [0.2, 0.25) is 0 Å². The summed E-state index contributed by atoms with van der Waals surface area (Å²) in [5.41, 5.74) is 2.09. The highest BCUT2D eigenvalue weighted by Gasteiger charge is 2.30. The number of nitrogens with zero attached hydrogens (tertiary/aromatic N) is 4. The highest BCUT2D eigenvalue weighted by atomic mass is 79.9. The van der Waals surface area contributed by atoms with Crippen LogP contribution in [0.4, 0.5) is 4.39 Å². The van der Waals surface area contributed by atoms with Gasteiger partial charge in [-0.25, -0.2) is 23.7 Å². The zero-order chi connectivity index (χ0) is 28.1. The van der Waals surface area contributed by atoms with Gasteiger partial charge in [0.1, 0.15) is 11.6 Å². The summed E-state index contributed by atoms with van der Waals surface area (Å²) in [6, 6.07) is 15.4. The molecule has 2 aromatic heterocycles. The molecule has 3 aromatic carbocycles. The molecule has 40 heavy (non-hydrogen) atoms. The third-order valence-corrected chi connectivity index (χ3v) is 7.84. The maximum absolute atomic E-state index is 13.9. The van der Waals surface area contributed by atoms with E-state index in [1.54, 1.807) is 30.3 Å². The van der Waals surface area contributed by atoms with Crippen LogP contribution in [-0.4, -0.2) is 26.4 Å². The van der Waals surface area contributed by atoms with Crippen molar-refractivity contribution in [3.8, 4) is 16.9 Å². The quantitative estimate of drug-likeness (QED) is 0.288. The third-order valence-electron chi connectivity index (χ3n) is 7.20. The van der Waals surface area contributed by atoms with Gasteiger partial charge in [-0.2, -0.15) is 0 Å². The first-order valence-corrected chi connectivity index (χ1v) is 13.7. The summed E-state index contributed by atoms with van der Waals surface area (Å²) in [6.07, 6.45) is 4.15. The molecule has 4 N–H and O–H groups in total. The average Bonchev–Trinajstić information content (AvgIpc) is 3.87. The first kappa shape index (κ1) is 26.0. The molecule has 0 saturated heterocycles. The van der Waals surface area contributed by atoms with Gasteiger partial charge in [-0.1, -0.05) is 24.3 Å². The van der Waals surface area contributed by atoms with Gasteiger partial charge in [-0.3, -0.25) is 9.59 Å². The minimum Gasteiger partial charge on any atom is -0.493 e. The van der Waals surface area contributed by atoms with Crippen molar-refractivity contribution in [2.75, 3.05) is 18.8 Å². The molecular formula is C29H26BrFN6O3. The number of para-hydroxylation sites is 2. The predicted octanol–water partition coefficient (Wildman–Crippen LogP) is 4.55. The van der Waals surface area contributed by atoms with Crippen molar-refractivity contribution in [3.63, 3.8) is 0 Å². The summed E-state index contributed by atoms with van der Waals surface area (Å²) < 4.78 is 22.2.